The maximum atomic E-state index is 13.6. The molecular weight excluding hydrogens is 389 g/mol. The van der Waals surface area contributed by atoms with Gasteiger partial charge in [0.05, 0.1) is 18.1 Å². The molecule has 0 aromatic heterocycles. The van der Waals surface area contributed by atoms with Gasteiger partial charge in [-0.05, 0) is 31.2 Å². The molecule has 1 heterocycles. The van der Waals surface area contributed by atoms with E-state index in [9.17, 15) is 36.3 Å². The molecule has 0 radical (unpaired) electrons. The van der Waals surface area contributed by atoms with E-state index in [1.54, 1.807) is 13.8 Å². The van der Waals surface area contributed by atoms with Crippen LogP contribution in [0.5, 0.6) is 0 Å². The molecule has 1 aliphatic rings. The molecule has 0 aromatic carbocycles. The van der Waals surface area contributed by atoms with E-state index in [1.165, 1.54) is 13.8 Å². The first-order chi connectivity index (χ1) is 12.6. The van der Waals surface area contributed by atoms with Crippen LogP contribution in [0.4, 0.5) is 22.0 Å². The van der Waals surface area contributed by atoms with Crippen LogP contribution in [0, 0.1) is 11.8 Å². The smallest absolute Gasteiger partial charge is 0.320 e. The summed E-state index contributed by atoms with van der Waals surface area (Å²) in [5, 5.41) is 2.07. The van der Waals surface area contributed by atoms with Crippen molar-refractivity contribution in [1.29, 1.82) is 0 Å². The molecule has 1 unspecified atom stereocenters. The Morgan fingerprint density at radius 2 is 1.57 bits per heavy atom. The SMILES string of the molecule is CC(C)C(C(=O)C(F)(F)C(F)(F)F)N1CCC[C@H]1C(=O)NC(=O)[C@@H](N)C(C)C. The van der Waals surface area contributed by atoms with E-state index in [0.29, 0.717) is 6.42 Å². The molecule has 6 nitrogen and oxygen atoms in total. The van der Waals surface area contributed by atoms with Crippen LogP contribution in [0.1, 0.15) is 40.5 Å². The molecule has 1 aliphatic heterocycles. The summed E-state index contributed by atoms with van der Waals surface area (Å²) in [6, 6.07) is -4.00. The second-order valence-corrected chi connectivity index (χ2v) is 7.64. The summed E-state index contributed by atoms with van der Waals surface area (Å²) in [4.78, 5) is 37.5. The number of carbonyl (C=O) groups excluding carboxylic acids is 3. The minimum atomic E-state index is -6.03. The largest absolute Gasteiger partial charge is 0.461 e. The third-order valence-electron chi connectivity index (χ3n) is 4.79. The van der Waals surface area contributed by atoms with Gasteiger partial charge in [-0.2, -0.15) is 22.0 Å². The molecule has 162 valence electrons. The molecule has 0 aliphatic carbocycles. The number of alkyl halides is 5. The number of rotatable bonds is 7. The highest BCUT2D eigenvalue weighted by atomic mass is 19.4. The molecule has 2 amide bonds. The number of imide groups is 1. The number of hydrogen-bond donors (Lipinski definition) is 2. The van der Waals surface area contributed by atoms with E-state index in [4.69, 9.17) is 5.73 Å². The topological polar surface area (TPSA) is 92.5 Å². The van der Waals surface area contributed by atoms with Crippen LogP contribution in [0.2, 0.25) is 0 Å². The fourth-order valence-electron chi connectivity index (χ4n) is 3.16. The van der Waals surface area contributed by atoms with Gasteiger partial charge in [0.15, 0.2) is 0 Å². The Bertz CT molecular complexity index is 607. The summed E-state index contributed by atoms with van der Waals surface area (Å²) in [7, 11) is 0. The molecule has 0 saturated carbocycles. The molecule has 3 atom stereocenters. The van der Waals surface area contributed by atoms with Gasteiger partial charge in [0.25, 0.3) is 0 Å². The van der Waals surface area contributed by atoms with Crippen molar-refractivity contribution in [3.8, 4) is 0 Å². The molecule has 1 rings (SSSR count). The van der Waals surface area contributed by atoms with Gasteiger partial charge in [-0.15, -0.1) is 0 Å². The third kappa shape index (κ3) is 5.05. The first kappa shape index (κ1) is 24.4. The highest BCUT2D eigenvalue weighted by Gasteiger charge is 2.65. The molecule has 0 aromatic rings. The molecule has 0 bridgehead atoms. The van der Waals surface area contributed by atoms with E-state index < -0.39 is 53.7 Å². The van der Waals surface area contributed by atoms with Gasteiger partial charge < -0.3 is 5.73 Å². The number of nitrogens with two attached hydrogens (primary N) is 1. The molecule has 11 heteroatoms. The van der Waals surface area contributed by atoms with Crippen LogP contribution < -0.4 is 11.1 Å². The molecule has 1 saturated heterocycles. The second-order valence-electron chi connectivity index (χ2n) is 7.64. The summed E-state index contributed by atoms with van der Waals surface area (Å²) in [6.07, 6.45) is -5.62. The summed E-state index contributed by atoms with van der Waals surface area (Å²) in [5.74, 6) is -10.7. The number of amides is 2. The number of carbonyl (C=O) groups is 3. The highest BCUT2D eigenvalue weighted by molar-refractivity contribution is 6.00. The number of halogens is 5. The Hall–Kier alpha value is -1.62. The van der Waals surface area contributed by atoms with Crippen molar-refractivity contribution < 1.29 is 36.3 Å². The van der Waals surface area contributed by atoms with Crippen molar-refractivity contribution in [3.63, 3.8) is 0 Å². The van der Waals surface area contributed by atoms with E-state index >= 15 is 0 Å². The van der Waals surface area contributed by atoms with Crippen LogP contribution in [-0.4, -0.2) is 59.3 Å². The van der Waals surface area contributed by atoms with Gasteiger partial charge in [0.2, 0.25) is 17.6 Å². The van der Waals surface area contributed by atoms with Crippen molar-refractivity contribution >= 4 is 17.6 Å². The lowest BCUT2D eigenvalue weighted by molar-refractivity contribution is -0.271. The van der Waals surface area contributed by atoms with E-state index in [2.05, 4.69) is 5.32 Å². The molecule has 28 heavy (non-hydrogen) atoms. The van der Waals surface area contributed by atoms with Gasteiger partial charge >= 0.3 is 12.1 Å². The zero-order valence-corrected chi connectivity index (χ0v) is 16.1. The lowest BCUT2D eigenvalue weighted by Gasteiger charge is -2.36. The molecule has 1 fully saturated rings. The standard InChI is InChI=1S/C17H26F5N3O3/c1-8(2)11(23)15(28)24-14(27)10-6-5-7-25(10)12(9(3)4)13(26)16(18,19)17(20,21)22/h8-12H,5-7,23H2,1-4H3,(H,24,27,28)/t10-,11-,12?/m0/s1. The average Bonchev–Trinajstić information content (AvgIpc) is 3.01. The van der Waals surface area contributed by atoms with Crippen LogP contribution in [0.25, 0.3) is 0 Å². The fourth-order valence-corrected chi connectivity index (χ4v) is 3.16. The molecular formula is C17H26F5N3O3. The van der Waals surface area contributed by atoms with Crippen molar-refractivity contribution in [3.05, 3.63) is 0 Å². The van der Waals surface area contributed by atoms with Crippen molar-refractivity contribution in [2.45, 2.75) is 70.8 Å². The van der Waals surface area contributed by atoms with Crippen molar-refractivity contribution in [2.75, 3.05) is 6.54 Å². The number of Topliss-reactive ketones (excluding diaryl/α,β-unsaturated/α-hetero) is 1. The minimum absolute atomic E-state index is 0.0228. The van der Waals surface area contributed by atoms with Crippen LogP contribution in [-0.2, 0) is 14.4 Å². The molecule has 0 spiro atoms. The number of nitrogens with zero attached hydrogens (tertiary/aromatic N) is 1. The number of nitrogens with one attached hydrogen (secondary N) is 1. The Kier molecular flexibility index (Phi) is 7.68. The van der Waals surface area contributed by atoms with Gasteiger partial charge in [-0.1, -0.05) is 27.7 Å². The van der Waals surface area contributed by atoms with Crippen molar-refractivity contribution in [2.24, 2.45) is 17.6 Å². The first-order valence-electron chi connectivity index (χ1n) is 8.97. The molecule has 3 N–H and O–H groups in total. The zero-order valence-electron chi connectivity index (χ0n) is 16.1. The number of ketones is 1. The number of likely N-dealkylation sites (tertiary alicyclic amines) is 1. The van der Waals surface area contributed by atoms with Gasteiger partial charge in [0.1, 0.15) is 0 Å². The van der Waals surface area contributed by atoms with E-state index in [0.717, 1.165) is 4.90 Å². The first-order valence-corrected chi connectivity index (χ1v) is 8.97. The van der Waals surface area contributed by atoms with E-state index in [1.807, 2.05) is 0 Å². The normalized spacial score (nSPS) is 21.1. The summed E-state index contributed by atoms with van der Waals surface area (Å²) >= 11 is 0. The van der Waals surface area contributed by atoms with Gasteiger partial charge in [-0.3, -0.25) is 24.6 Å². The maximum Gasteiger partial charge on any atom is 0.461 e. The highest BCUT2D eigenvalue weighted by Crippen LogP contribution is 2.39. The van der Waals surface area contributed by atoms with Gasteiger partial charge in [-0.25, -0.2) is 0 Å². The minimum Gasteiger partial charge on any atom is -0.320 e. The predicted molar refractivity (Wildman–Crippen MR) is 90.3 cm³/mol. The van der Waals surface area contributed by atoms with Crippen LogP contribution >= 0.6 is 0 Å². The Morgan fingerprint density at radius 1 is 1.04 bits per heavy atom. The predicted octanol–water partition coefficient (Wildman–Crippen LogP) is 1.87. The third-order valence-corrected chi connectivity index (χ3v) is 4.79. The summed E-state index contributed by atoms with van der Waals surface area (Å²) < 4.78 is 65.3. The van der Waals surface area contributed by atoms with E-state index in [-0.39, 0.29) is 18.9 Å². The fraction of sp³-hybridized carbons (Fsp3) is 0.824. The van der Waals surface area contributed by atoms with Crippen LogP contribution in [0.3, 0.4) is 0 Å². The quantitative estimate of drug-likeness (QED) is 0.620. The lowest BCUT2D eigenvalue weighted by atomic mass is 9.93. The van der Waals surface area contributed by atoms with Gasteiger partial charge in [0, 0.05) is 0 Å². The second kappa shape index (κ2) is 8.81. The Balaban J connectivity index is 3.08. The maximum absolute atomic E-state index is 13.6. The zero-order chi connectivity index (χ0) is 22.0. The summed E-state index contributed by atoms with van der Waals surface area (Å²) in [5.41, 5.74) is 5.65. The summed E-state index contributed by atoms with van der Waals surface area (Å²) in [6.45, 7) is 5.93. The van der Waals surface area contributed by atoms with Crippen molar-refractivity contribution in [1.82, 2.24) is 10.2 Å². The van der Waals surface area contributed by atoms with Crippen LogP contribution in [0.15, 0.2) is 0 Å². The Labute approximate surface area is 160 Å². The monoisotopic (exact) mass is 415 g/mol. The Morgan fingerprint density at radius 3 is 2.00 bits per heavy atom. The lowest BCUT2D eigenvalue weighted by Crippen LogP contribution is -2.60. The number of hydrogen-bond acceptors (Lipinski definition) is 5. The average molecular weight is 415 g/mol.